The summed E-state index contributed by atoms with van der Waals surface area (Å²) in [6.07, 6.45) is 1.57. The van der Waals surface area contributed by atoms with E-state index in [9.17, 15) is 4.79 Å². The average Bonchev–Trinajstić information content (AvgIpc) is 2.93. The molecule has 0 aliphatic carbocycles. The van der Waals surface area contributed by atoms with Crippen LogP contribution in [0.1, 0.15) is 54.8 Å². The summed E-state index contributed by atoms with van der Waals surface area (Å²) < 4.78 is 0. The molecule has 1 aliphatic heterocycles. The molecule has 2 nitrogen and oxygen atoms in total. The number of fused-ring (bicyclic) bond motifs is 1. The summed E-state index contributed by atoms with van der Waals surface area (Å²) in [4.78, 5) is 16.4. The summed E-state index contributed by atoms with van der Waals surface area (Å²) in [5, 5.41) is 2.16. The molecule has 1 aliphatic rings. The SMILES string of the molecule is Cc1ccc(C2c3ccsc3CCN2C(=O)CC(C)(C)C)cc1. The number of benzene rings is 1. The Kier molecular flexibility index (Phi) is 4.33. The summed E-state index contributed by atoms with van der Waals surface area (Å²) >= 11 is 1.82. The van der Waals surface area contributed by atoms with Crippen LogP contribution in [0.15, 0.2) is 35.7 Å². The van der Waals surface area contributed by atoms with Gasteiger partial charge in [0.15, 0.2) is 0 Å². The minimum Gasteiger partial charge on any atom is -0.331 e. The molecule has 0 radical (unpaired) electrons. The fraction of sp³-hybridized carbons (Fsp3) is 0.450. The number of hydrogen-bond acceptors (Lipinski definition) is 2. The van der Waals surface area contributed by atoms with Crippen molar-refractivity contribution in [3.05, 3.63) is 57.3 Å². The van der Waals surface area contributed by atoms with Crippen molar-refractivity contribution in [2.45, 2.75) is 46.6 Å². The van der Waals surface area contributed by atoms with Crippen LogP contribution in [0.3, 0.4) is 0 Å². The summed E-state index contributed by atoms with van der Waals surface area (Å²) in [5.74, 6) is 0.264. The fourth-order valence-corrected chi connectivity index (χ4v) is 4.15. The van der Waals surface area contributed by atoms with E-state index in [2.05, 4.69) is 68.3 Å². The predicted octanol–water partition coefficient (Wildman–Crippen LogP) is 4.97. The molecule has 0 spiro atoms. The molecule has 1 unspecified atom stereocenters. The van der Waals surface area contributed by atoms with Crippen LogP contribution in [0.25, 0.3) is 0 Å². The van der Waals surface area contributed by atoms with Crippen molar-refractivity contribution in [3.8, 4) is 0 Å². The molecule has 122 valence electrons. The third kappa shape index (κ3) is 3.50. The van der Waals surface area contributed by atoms with Crippen molar-refractivity contribution in [1.29, 1.82) is 0 Å². The zero-order valence-corrected chi connectivity index (χ0v) is 15.2. The van der Waals surface area contributed by atoms with E-state index < -0.39 is 0 Å². The van der Waals surface area contributed by atoms with Gasteiger partial charge in [-0.25, -0.2) is 0 Å². The Hall–Kier alpha value is -1.61. The van der Waals surface area contributed by atoms with Crippen molar-refractivity contribution in [3.63, 3.8) is 0 Å². The van der Waals surface area contributed by atoms with Crippen molar-refractivity contribution >= 4 is 17.2 Å². The lowest BCUT2D eigenvalue weighted by Crippen LogP contribution is -2.41. The van der Waals surface area contributed by atoms with Crippen molar-refractivity contribution in [2.24, 2.45) is 5.41 Å². The second kappa shape index (κ2) is 6.12. The van der Waals surface area contributed by atoms with E-state index in [-0.39, 0.29) is 17.4 Å². The molecule has 0 saturated carbocycles. The molecule has 1 atom stereocenters. The molecule has 1 amide bonds. The Morgan fingerprint density at radius 1 is 1.22 bits per heavy atom. The van der Waals surface area contributed by atoms with Crippen LogP contribution in [-0.2, 0) is 11.2 Å². The molecule has 0 bridgehead atoms. The van der Waals surface area contributed by atoms with Gasteiger partial charge >= 0.3 is 0 Å². The summed E-state index contributed by atoms with van der Waals surface area (Å²) in [6.45, 7) is 9.31. The Morgan fingerprint density at radius 3 is 2.57 bits per heavy atom. The van der Waals surface area contributed by atoms with E-state index in [1.807, 2.05) is 11.3 Å². The molecule has 2 heterocycles. The number of nitrogens with zero attached hydrogens (tertiary/aromatic N) is 1. The van der Waals surface area contributed by atoms with Crippen LogP contribution in [0.2, 0.25) is 0 Å². The molecule has 2 aromatic rings. The normalized spacial score (nSPS) is 17.9. The van der Waals surface area contributed by atoms with Gasteiger partial charge in [-0.1, -0.05) is 50.6 Å². The van der Waals surface area contributed by atoms with Crippen molar-refractivity contribution < 1.29 is 4.79 Å². The number of thiophene rings is 1. The number of carbonyl (C=O) groups is 1. The first-order valence-corrected chi connectivity index (χ1v) is 9.15. The maximum absolute atomic E-state index is 12.9. The number of rotatable bonds is 2. The van der Waals surface area contributed by atoms with Gasteiger partial charge in [0, 0.05) is 17.8 Å². The van der Waals surface area contributed by atoms with Gasteiger partial charge in [-0.3, -0.25) is 4.79 Å². The van der Waals surface area contributed by atoms with Gasteiger partial charge in [0.05, 0.1) is 6.04 Å². The molecular formula is C20H25NOS. The number of carbonyl (C=O) groups excluding carboxylic acids is 1. The van der Waals surface area contributed by atoms with Crippen molar-refractivity contribution in [2.75, 3.05) is 6.54 Å². The van der Waals surface area contributed by atoms with Crippen LogP contribution < -0.4 is 0 Å². The van der Waals surface area contributed by atoms with Gasteiger partial charge in [0.2, 0.25) is 5.91 Å². The molecule has 1 aromatic carbocycles. The number of aryl methyl sites for hydroxylation is 1. The maximum Gasteiger partial charge on any atom is 0.223 e. The minimum absolute atomic E-state index is 0.0177. The first kappa shape index (κ1) is 16.3. The number of amides is 1. The molecule has 0 fully saturated rings. The highest BCUT2D eigenvalue weighted by Gasteiger charge is 2.33. The largest absolute Gasteiger partial charge is 0.331 e. The van der Waals surface area contributed by atoms with Gasteiger partial charge in [-0.15, -0.1) is 11.3 Å². The summed E-state index contributed by atoms with van der Waals surface area (Å²) in [7, 11) is 0. The third-order valence-electron chi connectivity index (χ3n) is 4.36. The molecule has 1 aromatic heterocycles. The summed E-state index contributed by atoms with van der Waals surface area (Å²) in [6, 6.07) is 10.9. The second-order valence-corrected chi connectivity index (χ2v) is 8.69. The van der Waals surface area contributed by atoms with Crippen molar-refractivity contribution in [1.82, 2.24) is 4.90 Å². The van der Waals surface area contributed by atoms with E-state index >= 15 is 0 Å². The highest BCUT2D eigenvalue weighted by atomic mass is 32.1. The van der Waals surface area contributed by atoms with Crippen LogP contribution in [0.5, 0.6) is 0 Å². The Balaban J connectivity index is 1.98. The molecule has 3 heteroatoms. The van der Waals surface area contributed by atoms with E-state index in [0.717, 1.165) is 13.0 Å². The lowest BCUT2D eigenvalue weighted by atomic mass is 9.88. The Labute approximate surface area is 143 Å². The van der Waals surface area contributed by atoms with Gasteiger partial charge < -0.3 is 4.90 Å². The van der Waals surface area contributed by atoms with Crippen LogP contribution >= 0.6 is 11.3 Å². The van der Waals surface area contributed by atoms with Crippen LogP contribution in [-0.4, -0.2) is 17.4 Å². The first-order chi connectivity index (χ1) is 10.8. The summed E-state index contributed by atoms with van der Waals surface area (Å²) in [5.41, 5.74) is 3.80. The fourth-order valence-electron chi connectivity index (χ4n) is 3.25. The predicted molar refractivity (Wildman–Crippen MR) is 96.8 cm³/mol. The topological polar surface area (TPSA) is 20.3 Å². The zero-order valence-electron chi connectivity index (χ0n) is 14.4. The minimum atomic E-state index is 0.0177. The molecular weight excluding hydrogens is 302 g/mol. The molecule has 0 saturated heterocycles. The van der Waals surface area contributed by atoms with E-state index in [0.29, 0.717) is 6.42 Å². The Morgan fingerprint density at radius 2 is 1.91 bits per heavy atom. The van der Waals surface area contributed by atoms with E-state index in [1.165, 1.54) is 21.6 Å². The second-order valence-electron chi connectivity index (χ2n) is 7.69. The van der Waals surface area contributed by atoms with E-state index in [4.69, 9.17) is 0 Å². The lowest BCUT2D eigenvalue weighted by molar-refractivity contribution is -0.135. The zero-order chi connectivity index (χ0) is 16.6. The van der Waals surface area contributed by atoms with Gasteiger partial charge in [0.25, 0.3) is 0 Å². The average molecular weight is 327 g/mol. The van der Waals surface area contributed by atoms with E-state index in [1.54, 1.807) is 0 Å². The van der Waals surface area contributed by atoms with Gasteiger partial charge in [-0.2, -0.15) is 0 Å². The van der Waals surface area contributed by atoms with Gasteiger partial charge in [0.1, 0.15) is 0 Å². The number of hydrogen-bond donors (Lipinski definition) is 0. The van der Waals surface area contributed by atoms with Gasteiger partial charge in [-0.05, 0) is 41.3 Å². The highest BCUT2D eigenvalue weighted by Crippen LogP contribution is 2.39. The maximum atomic E-state index is 12.9. The standard InChI is InChI=1S/C20H25NOS/c1-14-5-7-15(8-6-14)19-16-10-12-23-17(16)9-11-21(19)18(22)13-20(2,3)4/h5-8,10,12,19H,9,11,13H2,1-4H3. The monoisotopic (exact) mass is 327 g/mol. The lowest BCUT2D eigenvalue weighted by Gasteiger charge is -2.37. The molecule has 0 N–H and O–H groups in total. The Bertz CT molecular complexity index is 693. The van der Waals surface area contributed by atoms with Crippen LogP contribution in [0.4, 0.5) is 0 Å². The highest BCUT2D eigenvalue weighted by molar-refractivity contribution is 7.10. The first-order valence-electron chi connectivity index (χ1n) is 8.27. The quantitative estimate of drug-likeness (QED) is 0.763. The smallest absolute Gasteiger partial charge is 0.223 e. The third-order valence-corrected chi connectivity index (χ3v) is 5.36. The van der Waals surface area contributed by atoms with Crippen LogP contribution in [0, 0.1) is 12.3 Å². The molecule has 3 rings (SSSR count). The molecule has 23 heavy (non-hydrogen) atoms.